The lowest BCUT2D eigenvalue weighted by Crippen LogP contribution is -2.14. The van der Waals surface area contributed by atoms with Crippen molar-refractivity contribution in [2.24, 2.45) is 0 Å². The Morgan fingerprint density at radius 2 is 1.70 bits per heavy atom. The van der Waals surface area contributed by atoms with Gasteiger partial charge < -0.3 is 5.32 Å². The van der Waals surface area contributed by atoms with Crippen LogP contribution in [0.4, 0.5) is 14.5 Å². The van der Waals surface area contributed by atoms with Crippen LogP contribution in [0.5, 0.6) is 0 Å². The molecule has 0 spiro atoms. The lowest BCUT2D eigenvalue weighted by atomic mass is 10.1. The van der Waals surface area contributed by atoms with Crippen LogP contribution >= 0.6 is 31.9 Å². The van der Waals surface area contributed by atoms with Crippen molar-refractivity contribution in [3.8, 4) is 0 Å². The first-order chi connectivity index (χ1) is 9.38. The van der Waals surface area contributed by atoms with Crippen LogP contribution in [0.3, 0.4) is 0 Å². The van der Waals surface area contributed by atoms with Crippen molar-refractivity contribution in [3.05, 3.63) is 62.0 Å². The quantitative estimate of drug-likeness (QED) is 0.745. The Bertz CT molecular complexity index is 666. The Labute approximate surface area is 131 Å². The SMILES string of the molecule is Cc1ccc(C(=O)Nc2c(F)cc(Br)cc2F)cc1Br. The number of hydrogen-bond donors (Lipinski definition) is 1. The molecule has 0 heterocycles. The number of nitrogens with one attached hydrogen (secondary N) is 1. The normalized spacial score (nSPS) is 10.4. The van der Waals surface area contributed by atoms with Crippen LogP contribution in [0.15, 0.2) is 39.3 Å². The molecule has 0 aliphatic rings. The molecule has 2 nitrogen and oxygen atoms in total. The van der Waals surface area contributed by atoms with Gasteiger partial charge in [0.05, 0.1) is 0 Å². The zero-order chi connectivity index (χ0) is 14.9. The van der Waals surface area contributed by atoms with Gasteiger partial charge in [0.15, 0.2) is 11.6 Å². The van der Waals surface area contributed by atoms with Crippen molar-refractivity contribution < 1.29 is 13.6 Å². The molecule has 0 bridgehead atoms. The molecule has 1 amide bonds. The summed E-state index contributed by atoms with van der Waals surface area (Å²) >= 11 is 6.28. The molecule has 0 aliphatic carbocycles. The molecule has 0 unspecified atom stereocenters. The van der Waals surface area contributed by atoms with Gasteiger partial charge in [-0.15, -0.1) is 0 Å². The zero-order valence-electron chi connectivity index (χ0n) is 10.3. The van der Waals surface area contributed by atoms with Crippen LogP contribution in [0, 0.1) is 18.6 Å². The molecular formula is C14H9Br2F2NO. The van der Waals surface area contributed by atoms with Crippen LogP contribution in [-0.2, 0) is 0 Å². The van der Waals surface area contributed by atoms with Gasteiger partial charge in [-0.2, -0.15) is 0 Å². The minimum atomic E-state index is -0.837. The van der Waals surface area contributed by atoms with Gasteiger partial charge in [0, 0.05) is 14.5 Å². The van der Waals surface area contributed by atoms with E-state index in [1.165, 1.54) is 0 Å². The fourth-order valence-electron chi connectivity index (χ4n) is 1.58. The summed E-state index contributed by atoms with van der Waals surface area (Å²) in [7, 11) is 0. The van der Waals surface area contributed by atoms with Crippen LogP contribution < -0.4 is 5.32 Å². The molecule has 2 aromatic carbocycles. The fourth-order valence-corrected chi connectivity index (χ4v) is 2.36. The zero-order valence-corrected chi connectivity index (χ0v) is 13.5. The van der Waals surface area contributed by atoms with Crippen LogP contribution in [0.1, 0.15) is 15.9 Å². The highest BCUT2D eigenvalue weighted by Gasteiger charge is 2.15. The fraction of sp³-hybridized carbons (Fsp3) is 0.0714. The summed E-state index contributed by atoms with van der Waals surface area (Å²) < 4.78 is 28.3. The Morgan fingerprint density at radius 1 is 1.10 bits per heavy atom. The van der Waals surface area contributed by atoms with E-state index in [-0.39, 0.29) is 4.47 Å². The molecule has 0 radical (unpaired) electrons. The number of carbonyl (C=O) groups excluding carboxylic acids is 1. The second-order valence-corrected chi connectivity index (χ2v) is 5.93. The number of anilines is 1. The van der Waals surface area contributed by atoms with Gasteiger partial charge in [-0.3, -0.25) is 4.79 Å². The second kappa shape index (κ2) is 6.01. The van der Waals surface area contributed by atoms with E-state index < -0.39 is 23.2 Å². The van der Waals surface area contributed by atoms with E-state index in [9.17, 15) is 13.6 Å². The molecule has 20 heavy (non-hydrogen) atoms. The number of halogens is 4. The summed E-state index contributed by atoms with van der Waals surface area (Å²) in [5, 5.41) is 2.24. The summed E-state index contributed by atoms with van der Waals surface area (Å²) in [6, 6.07) is 7.10. The molecule has 2 aromatic rings. The van der Waals surface area contributed by atoms with Crippen LogP contribution in [-0.4, -0.2) is 5.91 Å². The first-order valence-corrected chi connectivity index (χ1v) is 7.19. The maximum Gasteiger partial charge on any atom is 0.255 e. The minimum absolute atomic E-state index is 0.267. The Hall–Kier alpha value is -1.27. The first-order valence-electron chi connectivity index (χ1n) is 5.60. The van der Waals surface area contributed by atoms with E-state index in [1.807, 2.05) is 6.92 Å². The topological polar surface area (TPSA) is 29.1 Å². The number of hydrogen-bond acceptors (Lipinski definition) is 1. The highest BCUT2D eigenvalue weighted by molar-refractivity contribution is 9.10. The molecule has 0 saturated carbocycles. The summed E-state index contributed by atoms with van der Waals surface area (Å²) in [5.41, 5.74) is 0.807. The maximum absolute atomic E-state index is 13.6. The third kappa shape index (κ3) is 3.24. The molecule has 1 N–H and O–H groups in total. The van der Waals surface area contributed by atoms with Crippen molar-refractivity contribution in [3.63, 3.8) is 0 Å². The number of aryl methyl sites for hydroxylation is 1. The number of amides is 1. The van der Waals surface area contributed by atoms with E-state index in [2.05, 4.69) is 37.2 Å². The van der Waals surface area contributed by atoms with Crippen molar-refractivity contribution in [1.29, 1.82) is 0 Å². The van der Waals surface area contributed by atoms with Crippen LogP contribution in [0.2, 0.25) is 0 Å². The minimum Gasteiger partial charge on any atom is -0.317 e. The third-order valence-corrected chi connectivity index (χ3v) is 3.99. The van der Waals surface area contributed by atoms with Gasteiger partial charge in [-0.1, -0.05) is 37.9 Å². The predicted molar refractivity (Wildman–Crippen MR) is 80.9 cm³/mol. The van der Waals surface area contributed by atoms with Crippen LogP contribution in [0.25, 0.3) is 0 Å². The Kier molecular flexibility index (Phi) is 4.55. The van der Waals surface area contributed by atoms with E-state index >= 15 is 0 Å². The summed E-state index contributed by atoms with van der Waals surface area (Å²) in [4.78, 5) is 12.0. The van der Waals surface area contributed by atoms with Crippen molar-refractivity contribution in [2.75, 3.05) is 5.32 Å². The van der Waals surface area contributed by atoms with E-state index in [4.69, 9.17) is 0 Å². The van der Waals surface area contributed by atoms with Gasteiger partial charge >= 0.3 is 0 Å². The Balaban J connectivity index is 2.30. The monoisotopic (exact) mass is 403 g/mol. The summed E-state index contributed by atoms with van der Waals surface area (Å²) in [5.74, 6) is -2.25. The van der Waals surface area contributed by atoms with Gasteiger partial charge in [0.2, 0.25) is 0 Å². The Morgan fingerprint density at radius 3 is 2.25 bits per heavy atom. The van der Waals surface area contributed by atoms with E-state index in [0.29, 0.717) is 5.56 Å². The molecular weight excluding hydrogens is 396 g/mol. The molecule has 0 aromatic heterocycles. The highest BCUT2D eigenvalue weighted by Crippen LogP contribution is 2.25. The molecule has 6 heteroatoms. The first kappa shape index (κ1) is 15.1. The lowest BCUT2D eigenvalue weighted by Gasteiger charge is -2.09. The van der Waals surface area contributed by atoms with E-state index in [0.717, 1.165) is 22.2 Å². The summed E-state index contributed by atoms with van der Waals surface area (Å²) in [6.45, 7) is 1.87. The molecule has 0 atom stereocenters. The predicted octanol–water partition coefficient (Wildman–Crippen LogP) is 5.05. The van der Waals surface area contributed by atoms with E-state index in [1.54, 1.807) is 18.2 Å². The van der Waals surface area contributed by atoms with Gasteiger partial charge in [-0.25, -0.2) is 8.78 Å². The maximum atomic E-state index is 13.6. The molecule has 0 saturated heterocycles. The number of rotatable bonds is 2. The largest absolute Gasteiger partial charge is 0.317 e. The summed E-state index contributed by atoms with van der Waals surface area (Å²) in [6.07, 6.45) is 0. The average Bonchev–Trinajstić information content (AvgIpc) is 2.36. The van der Waals surface area contributed by atoms with Crippen molar-refractivity contribution in [2.45, 2.75) is 6.92 Å². The highest BCUT2D eigenvalue weighted by atomic mass is 79.9. The molecule has 0 fully saturated rings. The van der Waals surface area contributed by atoms with Crippen molar-refractivity contribution >= 4 is 43.5 Å². The van der Waals surface area contributed by atoms with Gasteiger partial charge in [-0.05, 0) is 36.8 Å². The van der Waals surface area contributed by atoms with Crippen molar-refractivity contribution in [1.82, 2.24) is 0 Å². The third-order valence-electron chi connectivity index (χ3n) is 2.68. The smallest absolute Gasteiger partial charge is 0.255 e. The molecule has 104 valence electrons. The van der Waals surface area contributed by atoms with Gasteiger partial charge in [0.25, 0.3) is 5.91 Å². The molecule has 0 aliphatic heterocycles. The number of benzene rings is 2. The lowest BCUT2D eigenvalue weighted by molar-refractivity contribution is 0.102. The standard InChI is InChI=1S/C14H9Br2F2NO/c1-7-2-3-8(4-10(7)16)14(20)19-13-11(17)5-9(15)6-12(13)18/h2-6H,1H3,(H,19,20). The second-order valence-electron chi connectivity index (χ2n) is 4.16. The average molecular weight is 405 g/mol. The van der Waals surface area contributed by atoms with Gasteiger partial charge in [0.1, 0.15) is 5.69 Å². The number of carbonyl (C=O) groups is 1. The molecule has 2 rings (SSSR count).